The number of halogens is 6. The monoisotopic (exact) mass is 336 g/mol. The van der Waals surface area contributed by atoms with Gasteiger partial charge in [0.1, 0.15) is 0 Å². The third kappa shape index (κ3) is 7.46. The second-order valence-electron chi connectivity index (χ2n) is 2.74. The molecule has 0 aromatic heterocycles. The fourth-order valence-electron chi connectivity index (χ4n) is 0.601. The zero-order chi connectivity index (χ0) is 16.2. The molecule has 0 aromatic rings. The number of hydrogen-bond acceptors (Lipinski definition) is 7. The second-order valence-corrected chi connectivity index (χ2v) is 4.60. The molecule has 14 heteroatoms. The van der Waals surface area contributed by atoms with Crippen LogP contribution in [0.1, 0.15) is 6.92 Å². The van der Waals surface area contributed by atoms with Crippen molar-refractivity contribution in [3.05, 3.63) is 0 Å². The highest BCUT2D eigenvalue weighted by molar-refractivity contribution is 7.86. The molecule has 0 atom stereocenters. The maximum Gasteiger partial charge on any atom is 0.543 e. The van der Waals surface area contributed by atoms with E-state index < -0.39 is 41.2 Å². The second kappa shape index (κ2) is 6.11. The number of hydrogen-bond donors (Lipinski definition) is 0. The first-order chi connectivity index (χ1) is 8.74. The summed E-state index contributed by atoms with van der Waals surface area (Å²) in [5.74, 6) is -1.04. The summed E-state index contributed by atoms with van der Waals surface area (Å²) in [7, 11) is -4.94. The van der Waals surface area contributed by atoms with Crippen molar-refractivity contribution in [3.63, 3.8) is 0 Å². The van der Waals surface area contributed by atoms with Gasteiger partial charge < -0.3 is 4.74 Å². The minimum Gasteiger partial charge on any atom is -0.379 e. The van der Waals surface area contributed by atoms with Crippen LogP contribution in [0.3, 0.4) is 0 Å². The third-order valence-corrected chi connectivity index (χ3v) is 2.39. The Kier molecular flexibility index (Phi) is 5.77. The van der Waals surface area contributed by atoms with E-state index in [0.717, 1.165) is 6.92 Å². The molecule has 20 heavy (non-hydrogen) atoms. The Morgan fingerprint density at radius 3 is 1.80 bits per heavy atom. The Hall–Kier alpha value is -1.12. The van der Waals surface area contributed by atoms with Gasteiger partial charge >= 0.3 is 18.9 Å². The molecule has 0 amide bonds. The standard InChI is InChI=1S/C6H6F6O7S/c1-2-20(14,15)19-6(11,12)18-5(9,10)17-4(7,8)16-3-13/h3H,2H2,1H3. The molecule has 0 saturated heterocycles. The summed E-state index contributed by atoms with van der Waals surface area (Å²) in [6, 6.07) is 0. The topological polar surface area (TPSA) is 88.1 Å². The molecule has 0 aliphatic heterocycles. The first-order valence-electron chi connectivity index (χ1n) is 4.33. The van der Waals surface area contributed by atoms with Crippen molar-refractivity contribution in [2.75, 3.05) is 5.75 Å². The average molecular weight is 336 g/mol. The zero-order valence-corrected chi connectivity index (χ0v) is 10.1. The summed E-state index contributed by atoms with van der Waals surface area (Å²) in [5, 5.41) is 0. The van der Waals surface area contributed by atoms with Gasteiger partial charge in [0.2, 0.25) is 0 Å². The highest BCUT2D eigenvalue weighted by atomic mass is 32.2. The molecular weight excluding hydrogens is 330 g/mol. The maximum atomic E-state index is 12.6. The molecule has 0 fully saturated rings. The van der Waals surface area contributed by atoms with Crippen LogP contribution in [0.5, 0.6) is 0 Å². The SMILES string of the molecule is CCS(=O)(=O)OC(F)(F)OC(F)(F)OC(F)(F)OC=O. The first kappa shape index (κ1) is 18.9. The lowest BCUT2D eigenvalue weighted by molar-refractivity contribution is -0.564. The molecule has 120 valence electrons. The van der Waals surface area contributed by atoms with Crippen molar-refractivity contribution in [1.29, 1.82) is 0 Å². The summed E-state index contributed by atoms with van der Waals surface area (Å²) >= 11 is 0. The van der Waals surface area contributed by atoms with Gasteiger partial charge in [-0.2, -0.15) is 17.3 Å². The van der Waals surface area contributed by atoms with Crippen LogP contribution in [0.15, 0.2) is 0 Å². The van der Waals surface area contributed by atoms with E-state index in [1.54, 1.807) is 0 Å². The summed E-state index contributed by atoms with van der Waals surface area (Å²) in [5.41, 5.74) is 0. The van der Waals surface area contributed by atoms with Crippen LogP contribution in [-0.2, 0) is 33.3 Å². The quantitative estimate of drug-likeness (QED) is 0.271. The van der Waals surface area contributed by atoms with E-state index in [1.165, 1.54) is 0 Å². The summed E-state index contributed by atoms with van der Waals surface area (Å²) in [6.07, 6.45) is -16.5. The van der Waals surface area contributed by atoms with E-state index >= 15 is 0 Å². The Morgan fingerprint density at radius 1 is 0.950 bits per heavy atom. The molecule has 0 radical (unpaired) electrons. The van der Waals surface area contributed by atoms with Gasteiger partial charge in [-0.05, 0) is 6.92 Å². The minimum absolute atomic E-state index is 0.826. The molecule has 0 aliphatic carbocycles. The number of ether oxygens (including phenoxy) is 3. The Labute approximate surface area is 107 Å². The van der Waals surface area contributed by atoms with Crippen LogP contribution in [0.2, 0.25) is 0 Å². The normalized spacial score (nSPS) is 14.2. The van der Waals surface area contributed by atoms with E-state index in [4.69, 9.17) is 0 Å². The predicted molar refractivity (Wildman–Crippen MR) is 44.7 cm³/mol. The molecule has 0 bridgehead atoms. The molecular formula is C6H6F6O7S. The third-order valence-electron chi connectivity index (χ3n) is 1.24. The number of carbonyl (C=O) groups excluding carboxylic acids is 1. The fourth-order valence-corrected chi connectivity index (χ4v) is 1.05. The van der Waals surface area contributed by atoms with E-state index in [0.29, 0.717) is 0 Å². The van der Waals surface area contributed by atoms with Crippen molar-refractivity contribution in [3.8, 4) is 0 Å². The number of rotatable bonds is 9. The molecule has 0 aromatic carbocycles. The van der Waals surface area contributed by atoms with E-state index in [9.17, 15) is 39.6 Å². The van der Waals surface area contributed by atoms with Crippen molar-refractivity contribution in [2.45, 2.75) is 25.8 Å². The lowest BCUT2D eigenvalue weighted by Crippen LogP contribution is -2.43. The molecule has 0 saturated carbocycles. The molecule has 7 nitrogen and oxygen atoms in total. The van der Waals surface area contributed by atoms with Crippen LogP contribution in [-0.4, -0.2) is 39.5 Å². The van der Waals surface area contributed by atoms with Gasteiger partial charge in [-0.15, -0.1) is 26.3 Å². The zero-order valence-electron chi connectivity index (χ0n) is 9.32. The molecule has 0 heterocycles. The van der Waals surface area contributed by atoms with Gasteiger partial charge in [0.15, 0.2) is 0 Å². The van der Waals surface area contributed by atoms with Crippen molar-refractivity contribution < 1.29 is 57.9 Å². The predicted octanol–water partition coefficient (Wildman–Crippen LogP) is 1.21. The Morgan fingerprint density at radius 2 is 1.40 bits per heavy atom. The molecule has 0 N–H and O–H groups in total. The van der Waals surface area contributed by atoms with Gasteiger partial charge in [-0.1, -0.05) is 0 Å². The van der Waals surface area contributed by atoms with Gasteiger partial charge in [-0.3, -0.25) is 4.79 Å². The minimum atomic E-state index is -5.74. The van der Waals surface area contributed by atoms with Crippen LogP contribution in [0.4, 0.5) is 26.3 Å². The molecule has 0 unspecified atom stereocenters. The lowest BCUT2D eigenvalue weighted by atomic mass is 11.0. The van der Waals surface area contributed by atoms with Crippen LogP contribution in [0, 0.1) is 0 Å². The van der Waals surface area contributed by atoms with Crippen LogP contribution in [0.25, 0.3) is 0 Å². The van der Waals surface area contributed by atoms with E-state index in [-0.39, 0.29) is 0 Å². The van der Waals surface area contributed by atoms with Crippen molar-refractivity contribution >= 4 is 16.6 Å². The summed E-state index contributed by atoms with van der Waals surface area (Å²) in [4.78, 5) is 9.50. The number of alkyl halides is 6. The Bertz CT molecular complexity index is 435. The summed E-state index contributed by atoms with van der Waals surface area (Å²) < 4.78 is 106. The smallest absolute Gasteiger partial charge is 0.379 e. The molecule has 0 spiro atoms. The molecule has 0 aliphatic rings. The highest BCUT2D eigenvalue weighted by Gasteiger charge is 2.56. The van der Waals surface area contributed by atoms with Crippen molar-refractivity contribution in [2.24, 2.45) is 0 Å². The lowest BCUT2D eigenvalue weighted by Gasteiger charge is -2.23. The first-order valence-corrected chi connectivity index (χ1v) is 5.90. The van der Waals surface area contributed by atoms with Gasteiger partial charge in [0.25, 0.3) is 16.6 Å². The van der Waals surface area contributed by atoms with E-state index in [1.807, 2.05) is 0 Å². The van der Waals surface area contributed by atoms with Gasteiger partial charge in [0, 0.05) is 0 Å². The van der Waals surface area contributed by atoms with Crippen LogP contribution < -0.4 is 0 Å². The maximum absolute atomic E-state index is 12.6. The average Bonchev–Trinajstić information content (AvgIpc) is 2.10. The molecule has 0 rings (SSSR count). The number of carbonyl (C=O) groups is 1. The van der Waals surface area contributed by atoms with E-state index in [2.05, 4.69) is 18.4 Å². The van der Waals surface area contributed by atoms with Gasteiger partial charge in [-0.25, -0.2) is 4.74 Å². The fraction of sp³-hybridized carbons (Fsp3) is 0.833. The van der Waals surface area contributed by atoms with Crippen molar-refractivity contribution in [1.82, 2.24) is 0 Å². The largest absolute Gasteiger partial charge is 0.543 e. The summed E-state index contributed by atoms with van der Waals surface area (Å²) in [6.45, 7) is -0.182. The van der Waals surface area contributed by atoms with Gasteiger partial charge in [0.05, 0.1) is 5.75 Å². The van der Waals surface area contributed by atoms with Crippen LogP contribution >= 0.6 is 0 Å². The Balaban J connectivity index is 4.86. The highest BCUT2D eigenvalue weighted by Crippen LogP contribution is 2.34.